The lowest BCUT2D eigenvalue weighted by Gasteiger charge is -2.13. The number of amides is 2. The van der Waals surface area contributed by atoms with Crippen molar-refractivity contribution >= 4 is 23.3 Å². The molecule has 2 amide bonds. The molecule has 1 aromatic carbocycles. The summed E-state index contributed by atoms with van der Waals surface area (Å²) in [4.78, 5) is 11.8. The van der Waals surface area contributed by atoms with Crippen molar-refractivity contribution in [2.45, 2.75) is 13.0 Å². The van der Waals surface area contributed by atoms with Crippen LogP contribution in [0, 0.1) is 0 Å². The highest BCUT2D eigenvalue weighted by atomic mass is 35.5. The quantitative estimate of drug-likeness (QED) is 0.907. The zero-order valence-corrected chi connectivity index (χ0v) is 11.5. The number of aryl methyl sites for hydroxylation is 1. The Balaban J connectivity index is 1.94. The maximum atomic E-state index is 11.8. The summed E-state index contributed by atoms with van der Waals surface area (Å²) in [6, 6.07) is 6.60. The molecular formula is C13H15ClN4O. The molecule has 100 valence electrons. The Morgan fingerprint density at radius 1 is 1.47 bits per heavy atom. The van der Waals surface area contributed by atoms with Crippen LogP contribution in [0.2, 0.25) is 5.02 Å². The average molecular weight is 279 g/mol. The van der Waals surface area contributed by atoms with E-state index < -0.39 is 0 Å². The van der Waals surface area contributed by atoms with Gasteiger partial charge in [0.1, 0.15) is 0 Å². The smallest absolute Gasteiger partial charge is 0.319 e. The number of nitrogens with zero attached hydrogens (tertiary/aromatic N) is 2. The van der Waals surface area contributed by atoms with Gasteiger partial charge in [0.2, 0.25) is 0 Å². The minimum Gasteiger partial charge on any atom is -0.331 e. The van der Waals surface area contributed by atoms with Gasteiger partial charge in [0.15, 0.2) is 0 Å². The maximum Gasteiger partial charge on any atom is 0.319 e. The summed E-state index contributed by atoms with van der Waals surface area (Å²) in [7, 11) is 1.84. The molecule has 5 nitrogen and oxygen atoms in total. The highest BCUT2D eigenvalue weighted by molar-refractivity contribution is 6.30. The number of halogens is 1. The molecule has 0 bridgehead atoms. The Morgan fingerprint density at radius 2 is 2.26 bits per heavy atom. The number of hydrogen-bond acceptors (Lipinski definition) is 2. The van der Waals surface area contributed by atoms with E-state index in [-0.39, 0.29) is 12.1 Å². The van der Waals surface area contributed by atoms with Gasteiger partial charge in [0.25, 0.3) is 0 Å². The standard InChI is InChI=1S/C13H15ClN4O/c1-9(10-7-15-18(2)8-10)16-13(19)17-12-5-3-4-11(14)6-12/h3-9H,1-2H3,(H2,16,17,19). The van der Waals surface area contributed by atoms with Crippen LogP contribution < -0.4 is 10.6 Å². The van der Waals surface area contributed by atoms with Crippen molar-refractivity contribution in [2.24, 2.45) is 7.05 Å². The minimum atomic E-state index is -0.279. The molecule has 1 atom stereocenters. The molecule has 1 aromatic heterocycles. The molecule has 0 fully saturated rings. The molecule has 0 saturated carbocycles. The normalized spacial score (nSPS) is 11.9. The highest BCUT2D eigenvalue weighted by Gasteiger charge is 2.11. The first-order valence-corrected chi connectivity index (χ1v) is 6.24. The van der Waals surface area contributed by atoms with Crippen molar-refractivity contribution in [3.8, 4) is 0 Å². The van der Waals surface area contributed by atoms with Crippen LogP contribution in [0.5, 0.6) is 0 Å². The first kappa shape index (κ1) is 13.4. The van der Waals surface area contributed by atoms with Crippen LogP contribution in [0.3, 0.4) is 0 Å². The Hall–Kier alpha value is -2.01. The van der Waals surface area contributed by atoms with Crippen LogP contribution in [0.1, 0.15) is 18.5 Å². The number of aromatic nitrogens is 2. The SMILES string of the molecule is CC(NC(=O)Nc1cccc(Cl)c1)c1cnn(C)c1. The minimum absolute atomic E-state index is 0.118. The van der Waals surface area contributed by atoms with Crippen LogP contribution >= 0.6 is 11.6 Å². The van der Waals surface area contributed by atoms with Gasteiger partial charge in [-0.25, -0.2) is 4.79 Å². The van der Waals surface area contributed by atoms with Gasteiger partial charge in [-0.15, -0.1) is 0 Å². The van der Waals surface area contributed by atoms with Gasteiger partial charge < -0.3 is 10.6 Å². The second kappa shape index (κ2) is 5.75. The van der Waals surface area contributed by atoms with E-state index in [0.29, 0.717) is 10.7 Å². The van der Waals surface area contributed by atoms with Gasteiger partial charge in [-0.3, -0.25) is 4.68 Å². The fourth-order valence-corrected chi connectivity index (χ4v) is 1.87. The number of carbonyl (C=O) groups is 1. The van der Waals surface area contributed by atoms with Crippen LogP contribution in [0.15, 0.2) is 36.7 Å². The summed E-state index contributed by atoms with van der Waals surface area (Å²) in [6.45, 7) is 1.90. The Bertz CT molecular complexity index is 582. The molecule has 19 heavy (non-hydrogen) atoms. The fraction of sp³-hybridized carbons (Fsp3) is 0.231. The topological polar surface area (TPSA) is 59.0 Å². The number of benzene rings is 1. The molecule has 0 radical (unpaired) electrons. The molecule has 0 aliphatic rings. The van der Waals surface area contributed by atoms with E-state index in [1.807, 2.05) is 20.2 Å². The summed E-state index contributed by atoms with van der Waals surface area (Å²) < 4.78 is 1.70. The molecule has 0 aliphatic heterocycles. The molecule has 2 aromatic rings. The van der Waals surface area contributed by atoms with Gasteiger partial charge in [-0.1, -0.05) is 17.7 Å². The van der Waals surface area contributed by atoms with Crippen molar-refractivity contribution in [1.82, 2.24) is 15.1 Å². The zero-order chi connectivity index (χ0) is 13.8. The number of nitrogens with one attached hydrogen (secondary N) is 2. The van der Waals surface area contributed by atoms with E-state index in [0.717, 1.165) is 5.56 Å². The van der Waals surface area contributed by atoms with Crippen LogP contribution in [-0.4, -0.2) is 15.8 Å². The van der Waals surface area contributed by atoms with Crippen LogP contribution in [0.25, 0.3) is 0 Å². The molecule has 2 N–H and O–H groups in total. The summed E-state index contributed by atoms with van der Waals surface area (Å²) in [6.07, 6.45) is 3.59. The molecule has 0 saturated heterocycles. The molecule has 0 spiro atoms. The van der Waals surface area contributed by atoms with Gasteiger partial charge >= 0.3 is 6.03 Å². The Kier molecular flexibility index (Phi) is 4.06. The molecular weight excluding hydrogens is 264 g/mol. The van der Waals surface area contributed by atoms with Crippen LogP contribution in [0.4, 0.5) is 10.5 Å². The van der Waals surface area contributed by atoms with Crippen LogP contribution in [-0.2, 0) is 7.05 Å². The monoisotopic (exact) mass is 278 g/mol. The molecule has 1 unspecified atom stereocenters. The third kappa shape index (κ3) is 3.72. The number of hydrogen-bond donors (Lipinski definition) is 2. The fourth-order valence-electron chi connectivity index (χ4n) is 1.68. The highest BCUT2D eigenvalue weighted by Crippen LogP contribution is 2.15. The Morgan fingerprint density at radius 3 is 2.89 bits per heavy atom. The van der Waals surface area contributed by atoms with E-state index in [1.165, 1.54) is 0 Å². The van der Waals surface area contributed by atoms with E-state index in [9.17, 15) is 4.79 Å². The van der Waals surface area contributed by atoms with Crippen molar-refractivity contribution < 1.29 is 4.79 Å². The zero-order valence-electron chi connectivity index (χ0n) is 10.7. The second-order valence-corrected chi connectivity index (χ2v) is 4.71. The van der Waals surface area contributed by atoms with Gasteiger partial charge in [0, 0.05) is 29.5 Å². The van der Waals surface area contributed by atoms with E-state index >= 15 is 0 Å². The van der Waals surface area contributed by atoms with Crippen molar-refractivity contribution in [3.63, 3.8) is 0 Å². The molecule has 6 heteroatoms. The van der Waals surface area contributed by atoms with E-state index in [4.69, 9.17) is 11.6 Å². The first-order valence-electron chi connectivity index (χ1n) is 5.86. The summed E-state index contributed by atoms with van der Waals surface area (Å²) in [5, 5.41) is 10.2. The Labute approximate surface area is 116 Å². The van der Waals surface area contributed by atoms with E-state index in [1.54, 1.807) is 35.1 Å². The largest absolute Gasteiger partial charge is 0.331 e. The summed E-state index contributed by atoms with van der Waals surface area (Å²) in [5.74, 6) is 0. The number of urea groups is 1. The van der Waals surface area contributed by atoms with Gasteiger partial charge in [-0.2, -0.15) is 5.10 Å². The first-order chi connectivity index (χ1) is 9.04. The molecule has 0 aliphatic carbocycles. The lowest BCUT2D eigenvalue weighted by molar-refractivity contribution is 0.249. The van der Waals surface area contributed by atoms with Crippen molar-refractivity contribution in [3.05, 3.63) is 47.2 Å². The predicted octanol–water partition coefficient (Wildman–Crippen LogP) is 2.96. The summed E-state index contributed by atoms with van der Waals surface area (Å²) >= 11 is 5.85. The van der Waals surface area contributed by atoms with E-state index in [2.05, 4.69) is 15.7 Å². The number of anilines is 1. The average Bonchev–Trinajstić information content (AvgIpc) is 2.75. The number of carbonyl (C=O) groups excluding carboxylic acids is 1. The lowest BCUT2D eigenvalue weighted by Crippen LogP contribution is -2.31. The molecule has 1 heterocycles. The second-order valence-electron chi connectivity index (χ2n) is 4.28. The summed E-state index contributed by atoms with van der Waals surface area (Å²) in [5.41, 5.74) is 1.60. The lowest BCUT2D eigenvalue weighted by atomic mass is 10.2. The van der Waals surface area contributed by atoms with Crippen molar-refractivity contribution in [2.75, 3.05) is 5.32 Å². The third-order valence-corrected chi connectivity index (χ3v) is 2.89. The maximum absolute atomic E-state index is 11.8. The number of rotatable bonds is 3. The van der Waals surface area contributed by atoms with Crippen molar-refractivity contribution in [1.29, 1.82) is 0 Å². The predicted molar refractivity (Wildman–Crippen MR) is 75.2 cm³/mol. The molecule has 2 rings (SSSR count). The van der Waals surface area contributed by atoms with Gasteiger partial charge in [-0.05, 0) is 25.1 Å². The van der Waals surface area contributed by atoms with Gasteiger partial charge in [0.05, 0.1) is 12.2 Å². The third-order valence-electron chi connectivity index (χ3n) is 2.65.